The van der Waals surface area contributed by atoms with Crippen molar-refractivity contribution in [3.8, 4) is 0 Å². The number of benzene rings is 1. The Balaban J connectivity index is 1.80. The molecule has 0 aliphatic carbocycles. The molecule has 140 valence electrons. The molecule has 0 spiro atoms. The van der Waals surface area contributed by atoms with Gasteiger partial charge < -0.3 is 14.6 Å². The molecule has 1 aliphatic rings. The number of nitro benzene ring substituents is 1. The molecule has 0 atom stereocenters. The van der Waals surface area contributed by atoms with Crippen LogP contribution in [0.3, 0.4) is 0 Å². The highest BCUT2D eigenvalue weighted by atomic mass is 16.6. The van der Waals surface area contributed by atoms with E-state index in [0.717, 1.165) is 0 Å². The number of amides is 1. The summed E-state index contributed by atoms with van der Waals surface area (Å²) >= 11 is 0. The number of nitrogens with one attached hydrogen (secondary N) is 1. The predicted octanol–water partition coefficient (Wildman–Crippen LogP) is 2.81. The van der Waals surface area contributed by atoms with E-state index in [1.165, 1.54) is 12.1 Å². The van der Waals surface area contributed by atoms with Crippen molar-refractivity contribution in [2.45, 2.75) is 45.3 Å². The molecule has 0 bridgehead atoms. The van der Waals surface area contributed by atoms with E-state index >= 15 is 0 Å². The monoisotopic (exact) mass is 362 g/mol. The molecule has 0 saturated carbocycles. The van der Waals surface area contributed by atoms with E-state index in [2.05, 4.69) is 4.98 Å². The Labute approximate surface area is 149 Å². The SMILES string of the molecule is CC(C)(C)OC(=O)N1CCC(n2c(=O)[nH]c3ccc([N+](=O)[O-])cc32)CC1. The van der Waals surface area contributed by atoms with Crippen LogP contribution in [0, 0.1) is 10.1 Å². The van der Waals surface area contributed by atoms with Crippen LogP contribution in [-0.2, 0) is 4.74 Å². The van der Waals surface area contributed by atoms with Crippen LogP contribution in [0.15, 0.2) is 23.0 Å². The van der Waals surface area contributed by atoms with E-state index in [-0.39, 0.29) is 23.5 Å². The first-order chi connectivity index (χ1) is 12.2. The Morgan fingerprint density at radius 1 is 1.31 bits per heavy atom. The number of rotatable bonds is 2. The lowest BCUT2D eigenvalue weighted by atomic mass is 10.0. The van der Waals surface area contributed by atoms with Gasteiger partial charge in [0, 0.05) is 31.3 Å². The lowest BCUT2D eigenvalue weighted by Crippen LogP contribution is -2.43. The normalized spacial score (nSPS) is 16.0. The highest BCUT2D eigenvalue weighted by Crippen LogP contribution is 2.27. The number of ether oxygens (including phenoxy) is 1. The van der Waals surface area contributed by atoms with Crippen molar-refractivity contribution in [3.05, 3.63) is 38.8 Å². The number of nitrogens with zero attached hydrogens (tertiary/aromatic N) is 3. The fourth-order valence-corrected chi connectivity index (χ4v) is 3.22. The Morgan fingerprint density at radius 2 is 1.96 bits per heavy atom. The molecule has 1 saturated heterocycles. The summed E-state index contributed by atoms with van der Waals surface area (Å²) in [5.74, 6) is 0. The number of likely N-dealkylation sites (tertiary alicyclic amines) is 1. The van der Waals surface area contributed by atoms with Crippen molar-refractivity contribution in [2.75, 3.05) is 13.1 Å². The van der Waals surface area contributed by atoms with Crippen molar-refractivity contribution in [1.82, 2.24) is 14.5 Å². The Bertz CT molecular complexity index is 900. The second kappa shape index (κ2) is 6.47. The maximum absolute atomic E-state index is 12.4. The number of non-ortho nitro benzene ring substituents is 1. The van der Waals surface area contributed by atoms with E-state index in [4.69, 9.17) is 4.74 Å². The lowest BCUT2D eigenvalue weighted by molar-refractivity contribution is -0.384. The lowest BCUT2D eigenvalue weighted by Gasteiger charge is -2.33. The van der Waals surface area contributed by atoms with Crippen molar-refractivity contribution >= 4 is 22.8 Å². The number of hydrogen-bond acceptors (Lipinski definition) is 5. The van der Waals surface area contributed by atoms with Gasteiger partial charge in [-0.05, 0) is 39.7 Å². The third kappa shape index (κ3) is 3.56. The van der Waals surface area contributed by atoms with Gasteiger partial charge in [-0.15, -0.1) is 0 Å². The largest absolute Gasteiger partial charge is 0.444 e. The second-order valence-corrected chi connectivity index (χ2v) is 7.46. The van der Waals surface area contributed by atoms with E-state index < -0.39 is 10.5 Å². The molecular weight excluding hydrogens is 340 g/mol. The van der Waals surface area contributed by atoms with Crippen LogP contribution in [0.1, 0.15) is 39.7 Å². The summed E-state index contributed by atoms with van der Waals surface area (Å²) in [6.07, 6.45) is 0.793. The molecule has 2 heterocycles. The summed E-state index contributed by atoms with van der Waals surface area (Å²) in [5.41, 5.74) is 0.170. The van der Waals surface area contributed by atoms with Gasteiger partial charge in [0.2, 0.25) is 0 Å². The number of aromatic nitrogens is 2. The number of hydrogen-bond donors (Lipinski definition) is 1. The summed E-state index contributed by atoms with van der Waals surface area (Å²) in [4.78, 5) is 39.4. The summed E-state index contributed by atoms with van der Waals surface area (Å²) in [6, 6.07) is 4.19. The van der Waals surface area contributed by atoms with E-state index in [1.54, 1.807) is 15.5 Å². The van der Waals surface area contributed by atoms with Crippen molar-refractivity contribution in [3.63, 3.8) is 0 Å². The smallest absolute Gasteiger partial charge is 0.410 e. The zero-order valence-electron chi connectivity index (χ0n) is 15.0. The molecule has 1 N–H and O–H groups in total. The van der Waals surface area contributed by atoms with Crippen LogP contribution in [-0.4, -0.2) is 44.2 Å². The molecule has 1 amide bonds. The van der Waals surface area contributed by atoms with Crippen molar-refractivity contribution in [1.29, 1.82) is 0 Å². The number of piperidine rings is 1. The molecule has 9 nitrogen and oxygen atoms in total. The van der Waals surface area contributed by atoms with Crippen LogP contribution < -0.4 is 5.69 Å². The van der Waals surface area contributed by atoms with Crippen molar-refractivity contribution in [2.24, 2.45) is 0 Å². The average Bonchev–Trinajstić information content (AvgIpc) is 2.88. The molecule has 1 aromatic carbocycles. The highest BCUT2D eigenvalue weighted by molar-refractivity contribution is 5.78. The molecule has 1 aromatic heterocycles. The molecule has 2 aromatic rings. The molecule has 26 heavy (non-hydrogen) atoms. The van der Waals surface area contributed by atoms with Gasteiger partial charge in [0.1, 0.15) is 5.60 Å². The Morgan fingerprint density at radius 3 is 2.54 bits per heavy atom. The van der Waals surface area contributed by atoms with Gasteiger partial charge in [0.25, 0.3) is 5.69 Å². The maximum atomic E-state index is 12.4. The Kier molecular flexibility index (Phi) is 4.47. The molecule has 0 radical (unpaired) electrons. The molecule has 1 fully saturated rings. The van der Waals surface area contributed by atoms with Gasteiger partial charge in [-0.1, -0.05) is 0 Å². The minimum Gasteiger partial charge on any atom is -0.444 e. The zero-order chi connectivity index (χ0) is 19.1. The predicted molar refractivity (Wildman–Crippen MR) is 95.3 cm³/mol. The standard InChI is InChI=1S/C17H22N4O5/c1-17(2,3)26-16(23)19-8-6-11(7-9-19)20-14-10-12(21(24)25)4-5-13(14)18-15(20)22/h4-5,10-11H,6-9H2,1-3H3,(H,18,22). The van der Waals surface area contributed by atoms with Gasteiger partial charge >= 0.3 is 11.8 Å². The Hall–Kier alpha value is -2.84. The molecule has 3 rings (SSSR count). The van der Waals surface area contributed by atoms with Gasteiger partial charge in [0.15, 0.2) is 0 Å². The minimum atomic E-state index is -0.555. The van der Waals surface area contributed by atoms with E-state index in [0.29, 0.717) is 37.0 Å². The molecule has 1 aliphatic heterocycles. The second-order valence-electron chi connectivity index (χ2n) is 7.46. The zero-order valence-corrected chi connectivity index (χ0v) is 15.0. The highest BCUT2D eigenvalue weighted by Gasteiger charge is 2.29. The molecule has 9 heteroatoms. The topological polar surface area (TPSA) is 110 Å². The molecular formula is C17H22N4O5. The first kappa shape index (κ1) is 18.0. The number of aromatic amines is 1. The van der Waals surface area contributed by atoms with Gasteiger partial charge in [-0.3, -0.25) is 14.7 Å². The minimum absolute atomic E-state index is 0.0589. The van der Waals surface area contributed by atoms with Crippen LogP contribution in [0.2, 0.25) is 0 Å². The number of fused-ring (bicyclic) bond motifs is 1. The summed E-state index contributed by atoms with van der Waals surface area (Å²) < 4.78 is 6.94. The fraction of sp³-hybridized carbons (Fsp3) is 0.529. The van der Waals surface area contributed by atoms with Crippen LogP contribution >= 0.6 is 0 Å². The summed E-state index contributed by atoms with van der Waals surface area (Å²) in [7, 11) is 0. The average molecular weight is 362 g/mol. The number of H-pyrrole nitrogens is 1. The van der Waals surface area contributed by atoms with Crippen LogP contribution in [0.5, 0.6) is 0 Å². The van der Waals surface area contributed by atoms with Gasteiger partial charge in [-0.25, -0.2) is 9.59 Å². The third-order valence-electron chi connectivity index (χ3n) is 4.39. The first-order valence-corrected chi connectivity index (χ1v) is 8.52. The molecule has 0 unspecified atom stereocenters. The van der Waals surface area contributed by atoms with Gasteiger partial charge in [-0.2, -0.15) is 0 Å². The quantitative estimate of drug-likeness (QED) is 0.652. The van der Waals surface area contributed by atoms with Crippen molar-refractivity contribution < 1.29 is 14.5 Å². The first-order valence-electron chi connectivity index (χ1n) is 8.52. The maximum Gasteiger partial charge on any atom is 0.410 e. The van der Waals surface area contributed by atoms with E-state index in [9.17, 15) is 19.7 Å². The summed E-state index contributed by atoms with van der Waals surface area (Å²) in [5, 5.41) is 11.0. The van der Waals surface area contributed by atoms with Gasteiger partial charge in [0.05, 0.1) is 16.0 Å². The van der Waals surface area contributed by atoms with E-state index in [1.807, 2.05) is 20.8 Å². The third-order valence-corrected chi connectivity index (χ3v) is 4.39. The number of imidazole rings is 1. The number of carbonyl (C=O) groups is 1. The van der Waals surface area contributed by atoms with Crippen LogP contribution in [0.25, 0.3) is 11.0 Å². The summed E-state index contributed by atoms with van der Waals surface area (Å²) in [6.45, 7) is 6.38. The fourth-order valence-electron chi connectivity index (χ4n) is 3.22. The van der Waals surface area contributed by atoms with Crippen LogP contribution in [0.4, 0.5) is 10.5 Å². The number of carbonyl (C=O) groups excluding carboxylic acids is 1. The number of nitro groups is 1.